The second-order valence-electron chi connectivity index (χ2n) is 17.6. The number of carboxylic acids is 1. The molecule has 0 bridgehead atoms. The number of benzene rings is 6. The van der Waals surface area contributed by atoms with Crippen molar-refractivity contribution in [2.45, 2.75) is 89.5 Å². The van der Waals surface area contributed by atoms with Gasteiger partial charge in [0.1, 0.15) is 11.5 Å². The maximum atomic E-state index is 14.6. The molecule has 0 saturated heterocycles. The molecule has 2 N–H and O–H groups in total. The molecule has 81 heavy (non-hydrogen) atoms. The summed E-state index contributed by atoms with van der Waals surface area (Å²) in [5, 5.41) is 19.2. The Bertz CT molecular complexity index is 3070. The maximum absolute atomic E-state index is 14.6. The molecule has 0 fully saturated rings. The summed E-state index contributed by atoms with van der Waals surface area (Å²) in [6, 6.07) is 38.3. The van der Waals surface area contributed by atoms with Crippen LogP contribution in [0, 0.1) is 41.5 Å². The molecular weight excluding hydrogens is 1070 g/mol. The van der Waals surface area contributed by atoms with Gasteiger partial charge in [-0.2, -0.15) is 0 Å². The number of rotatable bonds is 24. The Morgan fingerprint density at radius 1 is 0.481 bits per heavy atom. The van der Waals surface area contributed by atoms with Gasteiger partial charge >= 0.3 is 23.9 Å². The number of esters is 3. The molecule has 434 valence electrons. The molecule has 0 atom stereocenters. The van der Waals surface area contributed by atoms with Crippen molar-refractivity contribution in [1.29, 1.82) is 0 Å². The van der Waals surface area contributed by atoms with E-state index in [1.165, 1.54) is 0 Å². The molecule has 0 spiro atoms. The summed E-state index contributed by atoms with van der Waals surface area (Å²) in [5.74, 6) is -2.31. The third-order valence-corrected chi connectivity index (χ3v) is 17.7. The van der Waals surface area contributed by atoms with E-state index < -0.39 is 63.2 Å². The van der Waals surface area contributed by atoms with Gasteiger partial charge in [0.25, 0.3) is 0 Å². The van der Waals surface area contributed by atoms with Crippen LogP contribution in [0.3, 0.4) is 0 Å². The Morgan fingerprint density at radius 2 is 0.827 bits per heavy atom. The monoisotopic (exact) mass is 1150 g/mol. The number of aliphatic hydroxyl groups is 1. The van der Waals surface area contributed by atoms with Crippen molar-refractivity contribution in [1.82, 2.24) is 0 Å². The van der Waals surface area contributed by atoms with Crippen LogP contribution >= 0.6 is 14.3 Å². The average molecular weight is 1150 g/mol. The van der Waals surface area contributed by atoms with Gasteiger partial charge in [-0.15, -0.1) is 0 Å². The smallest absolute Gasteiger partial charge is 0.347 e. The molecule has 6 rings (SSSR count). The minimum absolute atomic E-state index is 0. The van der Waals surface area contributed by atoms with Gasteiger partial charge in [0, 0.05) is 62.2 Å². The molecule has 0 amide bonds. The summed E-state index contributed by atoms with van der Waals surface area (Å²) in [4.78, 5) is 72.6. The van der Waals surface area contributed by atoms with Crippen LogP contribution < -0.4 is 30.7 Å². The Labute approximate surface area is 477 Å². The molecule has 0 aliphatic heterocycles. The molecule has 6 aromatic carbocycles. The number of carboxylic acid groups (broad SMARTS) is 1. The minimum Gasteiger partial charge on any atom is -0.481 e. The van der Waals surface area contributed by atoms with Crippen LogP contribution in [0.15, 0.2) is 159 Å². The van der Waals surface area contributed by atoms with E-state index in [2.05, 4.69) is 17.9 Å². The zero-order chi connectivity index (χ0) is 57.4. The van der Waals surface area contributed by atoms with Crippen molar-refractivity contribution in [3.63, 3.8) is 0 Å². The molecule has 17 heteroatoms. The van der Waals surface area contributed by atoms with E-state index in [0.29, 0.717) is 72.7 Å². The number of aryl methyl sites for hydroxylation is 4. The molecule has 0 heterocycles. The van der Waals surface area contributed by atoms with E-state index in [-0.39, 0.29) is 40.4 Å². The Balaban J connectivity index is 0.000000661. The van der Waals surface area contributed by atoms with Gasteiger partial charge in [0.2, 0.25) is 32.1 Å². The molecule has 0 unspecified atom stereocenters. The average Bonchev–Trinajstić information content (AvgIpc) is 3.49. The van der Waals surface area contributed by atoms with E-state index in [0.717, 1.165) is 43.4 Å². The fraction of sp³-hybridized carbons (Fsp3) is 0.281. The summed E-state index contributed by atoms with van der Waals surface area (Å²) in [6.45, 7) is 16.2. The van der Waals surface area contributed by atoms with Gasteiger partial charge in [-0.05, 0) is 83.1 Å². The van der Waals surface area contributed by atoms with Crippen LogP contribution in [0.25, 0.3) is 0 Å². The Morgan fingerprint density at radius 3 is 1.17 bits per heavy atom. The third-order valence-electron chi connectivity index (χ3n) is 12.0. The number of aliphatic hydroxyl groups excluding tert-OH is 1. The van der Waals surface area contributed by atoms with Crippen LogP contribution in [0.4, 0.5) is 0 Å². The molecule has 6 aromatic rings. The van der Waals surface area contributed by atoms with E-state index in [1.807, 2.05) is 12.1 Å². The first kappa shape index (κ1) is 71.1. The summed E-state index contributed by atoms with van der Waals surface area (Å²) < 4.78 is 54.3. The lowest BCUT2D eigenvalue weighted by Crippen LogP contribution is -2.24. The highest BCUT2D eigenvalue weighted by Gasteiger charge is 2.40. The van der Waals surface area contributed by atoms with E-state index in [4.69, 9.17) is 29.2 Å². The second kappa shape index (κ2) is 34.9. The summed E-state index contributed by atoms with van der Waals surface area (Å²) >= 11 is 0. The largest absolute Gasteiger partial charge is 0.481 e. The van der Waals surface area contributed by atoms with Gasteiger partial charge < -0.3 is 43.0 Å². The number of hydrogen-bond acceptors (Lipinski definition) is 14. The minimum atomic E-state index is -3.73. The lowest BCUT2D eigenvalue weighted by atomic mass is 9.99. The number of aliphatic carboxylic acids is 1. The van der Waals surface area contributed by atoms with E-state index >= 15 is 0 Å². The van der Waals surface area contributed by atoms with Gasteiger partial charge in [0.15, 0.2) is 13.2 Å². The maximum Gasteiger partial charge on any atom is 0.347 e. The van der Waals surface area contributed by atoms with Crippen molar-refractivity contribution < 1.29 is 71.8 Å². The number of carbonyl (C=O) groups excluding carboxylic acids is 5. The zero-order valence-corrected chi connectivity index (χ0v) is 46.5. The molecule has 0 saturated carbocycles. The molecule has 0 aliphatic rings. The fourth-order valence-electron chi connectivity index (χ4n) is 8.39. The lowest BCUT2D eigenvalue weighted by Gasteiger charge is -2.22. The highest BCUT2D eigenvalue weighted by atomic mass is 31.2. The third kappa shape index (κ3) is 19.1. The Hall–Kier alpha value is -7.96. The van der Waals surface area contributed by atoms with Crippen LogP contribution in [0.1, 0.15) is 102 Å². The number of unbranched alkanes of at least 4 members (excludes halogenated alkanes) is 3. The predicted molar refractivity (Wildman–Crippen MR) is 322 cm³/mol. The van der Waals surface area contributed by atoms with E-state index in [9.17, 15) is 37.9 Å². The van der Waals surface area contributed by atoms with Gasteiger partial charge in [-0.25, -0.2) is 19.2 Å². The summed E-state index contributed by atoms with van der Waals surface area (Å²) in [7, 11) is -7.41. The topological polar surface area (TPSA) is 223 Å². The zero-order valence-electron chi connectivity index (χ0n) is 44.7. The molecule has 0 aromatic heterocycles. The van der Waals surface area contributed by atoms with Crippen LogP contribution in [0.5, 0.6) is 11.5 Å². The number of ether oxygens (including phenoxy) is 5. The number of hydrogen-bond donors (Lipinski definition) is 2. The number of carbonyl (C=O) groups is 6. The summed E-state index contributed by atoms with van der Waals surface area (Å²) in [6.07, 6.45) is 5.78. The van der Waals surface area contributed by atoms with Crippen LogP contribution in [0.2, 0.25) is 0 Å². The highest BCUT2D eigenvalue weighted by Crippen LogP contribution is 2.50. The van der Waals surface area contributed by atoms with Crippen LogP contribution in [-0.4, -0.2) is 78.4 Å². The second-order valence-corrected chi connectivity index (χ2v) is 22.9. The van der Waals surface area contributed by atoms with Gasteiger partial charge in [0.05, 0.1) is 6.61 Å². The van der Waals surface area contributed by atoms with Gasteiger partial charge in [-0.1, -0.05) is 175 Å². The molecule has 0 radical (unpaired) electrons. The normalized spacial score (nSPS) is 10.4. The Kier molecular flexibility index (Phi) is 30.6. The SMILES string of the molecule is C.C.C.C=CC(=O)OCCCCCCO.C=CC(=O)OCOC(=O)COc1c(C)cc(C)c(C(=O)P(=O)(c2ccccc2)c2ccccc2)c1C.Cc1cc(C)c(C(=O)P(=O)(c2ccccc2)c2ccccc2)c(C)c1OCC(=O)O. The standard InChI is InChI=1S/C28H27O7P.C24H23O5P.C9H16O3.3CH4/c1-5-24(29)34-18-35-25(30)17-33-27-20(3)16-19(2)26(21(27)4)28(31)36(32,22-12-8-6-9-13-22)23-14-10-7-11-15-23;1-16-14-17(2)23(29-15-21(25)26)18(3)22(16)24(27)30(28,19-10-6-4-7-11-19)20-12-8-5-9-13-20;1-2-9(11)12-8-6-4-3-5-7-10;;;/h5-16H,1,17-18H2,2-4H3;4-14H,15H2,1-3H3,(H,25,26);2,10H,1,3-8H2;3*1H4. The first-order valence-corrected chi connectivity index (χ1v) is 28.2. The quantitative estimate of drug-likeness (QED) is 0.0189. The molecule has 15 nitrogen and oxygen atoms in total. The predicted octanol–water partition coefficient (Wildman–Crippen LogP) is 11.8. The van der Waals surface area contributed by atoms with E-state index in [1.54, 1.807) is 163 Å². The molecule has 0 aliphatic carbocycles. The first-order chi connectivity index (χ1) is 37.3. The lowest BCUT2D eigenvalue weighted by molar-refractivity contribution is -0.165. The van der Waals surface area contributed by atoms with Crippen molar-refractivity contribution >= 4 is 70.4 Å². The van der Waals surface area contributed by atoms with Crippen molar-refractivity contribution in [3.8, 4) is 11.5 Å². The molecular formula is C64H78O15P2. The first-order valence-electron chi connectivity index (χ1n) is 24.8. The van der Waals surface area contributed by atoms with Crippen LogP contribution in [-0.2, 0) is 42.5 Å². The van der Waals surface area contributed by atoms with Crippen molar-refractivity contribution in [3.05, 3.63) is 203 Å². The van der Waals surface area contributed by atoms with Gasteiger partial charge in [-0.3, -0.25) is 9.59 Å². The highest BCUT2D eigenvalue weighted by molar-refractivity contribution is 7.94. The fourth-order valence-corrected chi connectivity index (χ4v) is 13.6. The van der Waals surface area contributed by atoms with Crippen molar-refractivity contribution in [2.24, 2.45) is 0 Å². The summed E-state index contributed by atoms with van der Waals surface area (Å²) in [5.41, 5.74) is 3.27. The van der Waals surface area contributed by atoms with Crippen molar-refractivity contribution in [2.75, 3.05) is 33.2 Å².